The second-order valence-corrected chi connectivity index (χ2v) is 4.81. The number of aromatic nitrogens is 2. The first kappa shape index (κ1) is 14.0. The van der Waals surface area contributed by atoms with Crippen molar-refractivity contribution in [3.05, 3.63) is 17.5 Å². The summed E-state index contributed by atoms with van der Waals surface area (Å²) in [6.45, 7) is 2.79. The Kier molecular flexibility index (Phi) is 3.93. The van der Waals surface area contributed by atoms with Crippen molar-refractivity contribution in [3.63, 3.8) is 0 Å². The van der Waals surface area contributed by atoms with Crippen LogP contribution in [0.25, 0.3) is 0 Å². The highest BCUT2D eigenvalue weighted by atomic mass is 19.4. The van der Waals surface area contributed by atoms with Crippen molar-refractivity contribution in [1.29, 1.82) is 0 Å². The molecule has 0 saturated carbocycles. The molecule has 4 nitrogen and oxygen atoms in total. The molecule has 0 atom stereocenters. The molecule has 2 rings (SSSR count). The van der Waals surface area contributed by atoms with Crippen LogP contribution in [0.4, 0.5) is 19.1 Å². The van der Waals surface area contributed by atoms with Crippen LogP contribution in [0, 0.1) is 12.8 Å². The van der Waals surface area contributed by atoms with Crippen molar-refractivity contribution in [1.82, 2.24) is 9.97 Å². The predicted molar refractivity (Wildman–Crippen MR) is 65.7 cm³/mol. The normalized spacial score (nSPS) is 17.8. The van der Waals surface area contributed by atoms with E-state index in [0.29, 0.717) is 31.3 Å². The van der Waals surface area contributed by atoms with Gasteiger partial charge in [-0.1, -0.05) is 0 Å². The molecule has 0 aromatic carbocycles. The van der Waals surface area contributed by atoms with Gasteiger partial charge in [-0.3, -0.25) is 0 Å². The first-order chi connectivity index (χ1) is 8.90. The van der Waals surface area contributed by atoms with Crippen LogP contribution in [0.1, 0.15) is 24.2 Å². The highest BCUT2D eigenvalue weighted by Crippen LogP contribution is 2.34. The highest BCUT2D eigenvalue weighted by Gasteiger charge is 2.41. The molecule has 1 saturated heterocycles. The second kappa shape index (κ2) is 5.32. The van der Waals surface area contributed by atoms with E-state index in [1.807, 2.05) is 6.92 Å². The number of hydrogen-bond acceptors (Lipinski definition) is 4. The van der Waals surface area contributed by atoms with Gasteiger partial charge in [-0.05, 0) is 25.8 Å². The van der Waals surface area contributed by atoms with Gasteiger partial charge in [0, 0.05) is 25.3 Å². The van der Waals surface area contributed by atoms with Gasteiger partial charge in [-0.15, -0.1) is 0 Å². The molecule has 2 heterocycles. The first-order valence-electron chi connectivity index (χ1n) is 6.26. The molecule has 0 unspecified atom stereocenters. The fourth-order valence-electron chi connectivity index (χ4n) is 2.27. The molecule has 1 aromatic heterocycles. The van der Waals surface area contributed by atoms with Gasteiger partial charge in [0.05, 0.1) is 11.6 Å². The Labute approximate surface area is 109 Å². The van der Waals surface area contributed by atoms with Gasteiger partial charge in [0.2, 0.25) is 5.95 Å². The topological polar surface area (TPSA) is 55.0 Å². The zero-order valence-corrected chi connectivity index (χ0v) is 10.7. The zero-order chi connectivity index (χ0) is 14.0. The quantitative estimate of drug-likeness (QED) is 0.896. The third kappa shape index (κ3) is 3.34. The molecule has 2 N–H and O–H groups in total. The molecule has 1 aromatic rings. The molecule has 1 aliphatic heterocycles. The van der Waals surface area contributed by atoms with E-state index in [1.165, 1.54) is 0 Å². The van der Waals surface area contributed by atoms with Crippen LogP contribution in [-0.2, 0) is 6.54 Å². The van der Waals surface area contributed by atoms with Crippen LogP contribution in [-0.4, -0.2) is 29.2 Å². The molecule has 0 radical (unpaired) electrons. The van der Waals surface area contributed by atoms with Gasteiger partial charge in [0.25, 0.3) is 0 Å². The third-order valence-corrected chi connectivity index (χ3v) is 3.35. The van der Waals surface area contributed by atoms with E-state index in [1.54, 1.807) is 11.0 Å². The number of halogens is 3. The van der Waals surface area contributed by atoms with Gasteiger partial charge >= 0.3 is 6.18 Å². The van der Waals surface area contributed by atoms with Crippen molar-refractivity contribution in [2.45, 2.75) is 32.5 Å². The van der Waals surface area contributed by atoms with Gasteiger partial charge in [-0.2, -0.15) is 13.2 Å². The average Bonchev–Trinajstić information content (AvgIpc) is 2.37. The lowest BCUT2D eigenvalue weighted by molar-refractivity contribution is -0.179. The number of nitrogens with zero attached hydrogens (tertiary/aromatic N) is 3. The first-order valence-corrected chi connectivity index (χ1v) is 6.26. The van der Waals surface area contributed by atoms with E-state index in [2.05, 4.69) is 9.97 Å². The molecule has 0 bridgehead atoms. The smallest absolute Gasteiger partial charge is 0.341 e. The second-order valence-electron chi connectivity index (χ2n) is 4.81. The lowest BCUT2D eigenvalue weighted by Crippen LogP contribution is -2.40. The highest BCUT2D eigenvalue weighted by molar-refractivity contribution is 5.33. The Morgan fingerprint density at radius 2 is 1.95 bits per heavy atom. The molecule has 1 aliphatic rings. The molecule has 0 amide bonds. The molecular weight excluding hydrogens is 257 g/mol. The standard InChI is InChI=1S/C12H17F3N4/c1-8-6-10(7-16)18-11(17-8)19-4-2-9(3-5-19)12(13,14)15/h6,9H,2-5,7,16H2,1H3. The SMILES string of the molecule is Cc1cc(CN)nc(N2CCC(C(F)(F)F)CC2)n1. The molecular formula is C12H17F3N4. The molecule has 106 valence electrons. The molecule has 7 heteroatoms. The lowest BCUT2D eigenvalue weighted by atomic mass is 9.96. The van der Waals surface area contributed by atoms with Gasteiger partial charge in [-0.25, -0.2) is 9.97 Å². The van der Waals surface area contributed by atoms with Crippen LogP contribution in [0.5, 0.6) is 0 Å². The van der Waals surface area contributed by atoms with Crippen LogP contribution in [0.2, 0.25) is 0 Å². The maximum atomic E-state index is 12.6. The summed E-state index contributed by atoms with van der Waals surface area (Å²) in [5.41, 5.74) is 7.03. The van der Waals surface area contributed by atoms with E-state index < -0.39 is 12.1 Å². The van der Waals surface area contributed by atoms with Crippen molar-refractivity contribution < 1.29 is 13.2 Å². The number of rotatable bonds is 2. The molecule has 1 fully saturated rings. The van der Waals surface area contributed by atoms with Crippen LogP contribution in [0.15, 0.2) is 6.07 Å². The van der Waals surface area contributed by atoms with Gasteiger partial charge in [0.15, 0.2) is 0 Å². The lowest BCUT2D eigenvalue weighted by Gasteiger charge is -2.33. The third-order valence-electron chi connectivity index (χ3n) is 3.35. The maximum absolute atomic E-state index is 12.6. The number of aryl methyl sites for hydroxylation is 1. The summed E-state index contributed by atoms with van der Waals surface area (Å²) in [6.07, 6.45) is -3.90. The van der Waals surface area contributed by atoms with Gasteiger partial charge < -0.3 is 10.6 Å². The Bertz CT molecular complexity index is 439. The Morgan fingerprint density at radius 1 is 1.32 bits per heavy atom. The zero-order valence-electron chi connectivity index (χ0n) is 10.7. The maximum Gasteiger partial charge on any atom is 0.391 e. The van der Waals surface area contributed by atoms with Crippen molar-refractivity contribution >= 4 is 5.95 Å². The van der Waals surface area contributed by atoms with Crippen molar-refractivity contribution in [3.8, 4) is 0 Å². The number of alkyl halides is 3. The predicted octanol–water partition coefficient (Wildman–Crippen LogP) is 2.02. The Morgan fingerprint density at radius 3 is 2.47 bits per heavy atom. The van der Waals surface area contributed by atoms with E-state index in [4.69, 9.17) is 5.73 Å². The van der Waals surface area contributed by atoms with Crippen molar-refractivity contribution in [2.75, 3.05) is 18.0 Å². The number of piperidine rings is 1. The van der Waals surface area contributed by atoms with Crippen LogP contribution >= 0.6 is 0 Å². The van der Waals surface area contributed by atoms with Gasteiger partial charge in [0.1, 0.15) is 0 Å². The largest absolute Gasteiger partial charge is 0.391 e. The Hall–Kier alpha value is -1.37. The molecule has 19 heavy (non-hydrogen) atoms. The summed E-state index contributed by atoms with van der Waals surface area (Å²) in [6, 6.07) is 1.78. The summed E-state index contributed by atoms with van der Waals surface area (Å²) in [5, 5.41) is 0. The van der Waals surface area contributed by atoms with Crippen LogP contribution < -0.4 is 10.6 Å². The molecule has 0 aliphatic carbocycles. The Balaban J connectivity index is 2.07. The minimum absolute atomic E-state index is 0.0960. The minimum Gasteiger partial charge on any atom is -0.341 e. The summed E-state index contributed by atoms with van der Waals surface area (Å²) in [5.74, 6) is -0.719. The van der Waals surface area contributed by atoms with E-state index in [9.17, 15) is 13.2 Å². The van der Waals surface area contributed by atoms with Crippen molar-refractivity contribution in [2.24, 2.45) is 11.7 Å². The summed E-state index contributed by atoms with van der Waals surface area (Å²) in [7, 11) is 0. The van der Waals surface area contributed by atoms with Crippen LogP contribution in [0.3, 0.4) is 0 Å². The fraction of sp³-hybridized carbons (Fsp3) is 0.667. The number of nitrogens with two attached hydrogens (primary N) is 1. The fourth-order valence-corrected chi connectivity index (χ4v) is 2.27. The monoisotopic (exact) mass is 274 g/mol. The summed E-state index contributed by atoms with van der Waals surface area (Å²) < 4.78 is 37.8. The summed E-state index contributed by atoms with van der Waals surface area (Å²) >= 11 is 0. The van der Waals surface area contributed by atoms with E-state index in [0.717, 1.165) is 5.69 Å². The number of anilines is 1. The summed E-state index contributed by atoms with van der Waals surface area (Å²) in [4.78, 5) is 10.3. The average molecular weight is 274 g/mol. The number of hydrogen-bond donors (Lipinski definition) is 1. The van der Waals surface area contributed by atoms with E-state index >= 15 is 0 Å². The van der Waals surface area contributed by atoms with E-state index in [-0.39, 0.29) is 12.8 Å². The minimum atomic E-state index is -4.10. The molecule has 0 spiro atoms.